The molecule has 0 unspecified atom stereocenters. The molecule has 82 valence electrons. The molecular formula is C9H15FO3S. The summed E-state index contributed by atoms with van der Waals surface area (Å²) in [6.07, 6.45) is 3.24. The van der Waals surface area contributed by atoms with Gasteiger partial charge in [-0.05, 0) is 31.1 Å². The Morgan fingerprint density at radius 1 is 1.29 bits per heavy atom. The average molecular weight is 222 g/mol. The third-order valence-electron chi connectivity index (χ3n) is 3.53. The molecule has 2 aliphatic heterocycles. The summed E-state index contributed by atoms with van der Waals surface area (Å²) in [7, 11) is -4.41. The Kier molecular flexibility index (Phi) is 2.16. The number of halogens is 1. The molecule has 2 bridgehead atoms. The molecule has 0 aromatic carbocycles. The second-order valence-electron chi connectivity index (χ2n) is 4.97. The summed E-state index contributed by atoms with van der Waals surface area (Å²) >= 11 is 0. The van der Waals surface area contributed by atoms with Crippen LogP contribution in [0.25, 0.3) is 0 Å². The molecule has 0 radical (unpaired) electrons. The molecule has 3 nitrogen and oxygen atoms in total. The van der Waals surface area contributed by atoms with Crippen molar-refractivity contribution >= 4 is 10.2 Å². The van der Waals surface area contributed by atoms with E-state index >= 15 is 0 Å². The van der Waals surface area contributed by atoms with E-state index in [1.165, 1.54) is 0 Å². The van der Waals surface area contributed by atoms with Crippen LogP contribution < -0.4 is 0 Å². The first-order valence-electron chi connectivity index (χ1n) is 4.89. The fourth-order valence-corrected chi connectivity index (χ4v) is 3.43. The van der Waals surface area contributed by atoms with Crippen LogP contribution in [0.15, 0.2) is 0 Å². The maximum atomic E-state index is 12.6. The van der Waals surface area contributed by atoms with Gasteiger partial charge in [0.25, 0.3) is 0 Å². The van der Waals surface area contributed by atoms with E-state index in [4.69, 9.17) is 4.74 Å². The molecule has 0 aromatic heterocycles. The molecule has 0 N–H and O–H groups in total. The van der Waals surface area contributed by atoms with Crippen molar-refractivity contribution in [1.29, 1.82) is 0 Å². The van der Waals surface area contributed by atoms with Crippen LogP contribution in [0.4, 0.5) is 3.89 Å². The minimum Gasteiger partial charge on any atom is -0.373 e. The van der Waals surface area contributed by atoms with Crippen LogP contribution in [-0.4, -0.2) is 26.4 Å². The van der Waals surface area contributed by atoms with Gasteiger partial charge in [-0.25, -0.2) is 0 Å². The lowest BCUT2D eigenvalue weighted by molar-refractivity contribution is -0.165. The second-order valence-corrected chi connectivity index (χ2v) is 6.33. The van der Waals surface area contributed by atoms with Gasteiger partial charge in [-0.3, -0.25) is 0 Å². The van der Waals surface area contributed by atoms with Crippen LogP contribution in [0.2, 0.25) is 0 Å². The van der Waals surface area contributed by atoms with Gasteiger partial charge in [-0.1, -0.05) is 6.92 Å². The first-order valence-corrected chi connectivity index (χ1v) is 6.44. The highest BCUT2D eigenvalue weighted by molar-refractivity contribution is 7.86. The van der Waals surface area contributed by atoms with Crippen molar-refractivity contribution in [2.24, 2.45) is 5.41 Å². The molecule has 0 spiro atoms. The second kappa shape index (κ2) is 2.92. The molecule has 3 rings (SSSR count). The van der Waals surface area contributed by atoms with Crippen molar-refractivity contribution in [2.75, 3.05) is 12.4 Å². The first-order chi connectivity index (χ1) is 6.33. The minimum atomic E-state index is -4.41. The van der Waals surface area contributed by atoms with Gasteiger partial charge in [0.05, 0.1) is 12.2 Å². The van der Waals surface area contributed by atoms with Crippen LogP contribution in [0.1, 0.15) is 32.6 Å². The zero-order chi connectivity index (χ0) is 10.4. The van der Waals surface area contributed by atoms with Gasteiger partial charge in [0, 0.05) is 0 Å². The lowest BCUT2D eigenvalue weighted by atomic mass is 9.68. The normalized spacial score (nSPS) is 42.7. The molecule has 1 saturated carbocycles. The predicted molar refractivity (Wildman–Crippen MR) is 50.2 cm³/mol. The quantitative estimate of drug-likeness (QED) is 0.667. The van der Waals surface area contributed by atoms with E-state index in [2.05, 4.69) is 6.92 Å². The van der Waals surface area contributed by atoms with Gasteiger partial charge in [0.15, 0.2) is 0 Å². The number of fused-ring (bicyclic) bond motifs is 3. The first kappa shape index (κ1) is 10.4. The SMILES string of the molecule is CC12CCC(CS(=O)(=O)F)(CC1)OC2. The Balaban J connectivity index is 2.13. The molecule has 0 amide bonds. The number of ether oxygens (including phenoxy) is 1. The smallest absolute Gasteiger partial charge is 0.305 e. The summed E-state index contributed by atoms with van der Waals surface area (Å²) in [6, 6.07) is 0. The van der Waals surface area contributed by atoms with Crippen LogP contribution in [0.5, 0.6) is 0 Å². The lowest BCUT2D eigenvalue weighted by Crippen LogP contribution is -2.52. The Morgan fingerprint density at radius 3 is 2.21 bits per heavy atom. The number of hydrogen-bond donors (Lipinski definition) is 0. The Hall–Kier alpha value is -0.160. The molecule has 1 aliphatic carbocycles. The Bertz CT molecular complexity index is 311. The highest BCUT2D eigenvalue weighted by Gasteiger charge is 2.49. The Morgan fingerprint density at radius 2 is 1.86 bits per heavy atom. The minimum absolute atomic E-state index is 0.196. The van der Waals surface area contributed by atoms with Crippen LogP contribution in [0, 0.1) is 5.41 Å². The zero-order valence-electron chi connectivity index (χ0n) is 8.25. The van der Waals surface area contributed by atoms with E-state index in [1.54, 1.807) is 0 Å². The summed E-state index contributed by atoms with van der Waals surface area (Å²) in [4.78, 5) is 0. The molecule has 2 heterocycles. The van der Waals surface area contributed by atoms with Crippen molar-refractivity contribution in [3.63, 3.8) is 0 Å². The maximum Gasteiger partial charge on any atom is 0.305 e. The largest absolute Gasteiger partial charge is 0.373 e. The van der Waals surface area contributed by atoms with Crippen molar-refractivity contribution in [1.82, 2.24) is 0 Å². The fraction of sp³-hybridized carbons (Fsp3) is 1.00. The fourth-order valence-electron chi connectivity index (χ4n) is 2.43. The third kappa shape index (κ3) is 1.93. The van der Waals surface area contributed by atoms with E-state index in [1.807, 2.05) is 0 Å². The molecule has 14 heavy (non-hydrogen) atoms. The van der Waals surface area contributed by atoms with Crippen LogP contribution >= 0.6 is 0 Å². The Labute approximate surface area is 83.8 Å². The van der Waals surface area contributed by atoms with Crippen molar-refractivity contribution < 1.29 is 17.0 Å². The van der Waals surface area contributed by atoms with Gasteiger partial charge >= 0.3 is 10.2 Å². The molecule has 3 aliphatic rings. The molecule has 2 saturated heterocycles. The van der Waals surface area contributed by atoms with Gasteiger partial charge in [0.2, 0.25) is 0 Å². The molecule has 5 heteroatoms. The zero-order valence-corrected chi connectivity index (χ0v) is 9.07. The van der Waals surface area contributed by atoms with Crippen molar-refractivity contribution in [2.45, 2.75) is 38.2 Å². The lowest BCUT2D eigenvalue weighted by Gasteiger charge is -2.51. The molecular weight excluding hydrogens is 207 g/mol. The topological polar surface area (TPSA) is 43.4 Å². The monoisotopic (exact) mass is 222 g/mol. The summed E-state index contributed by atoms with van der Waals surface area (Å²) < 4.78 is 39.4. The van der Waals surface area contributed by atoms with Gasteiger partial charge in [-0.2, -0.15) is 8.42 Å². The van der Waals surface area contributed by atoms with E-state index in [9.17, 15) is 12.3 Å². The predicted octanol–water partition coefficient (Wildman–Crippen LogP) is 1.64. The molecule has 0 atom stereocenters. The van der Waals surface area contributed by atoms with Crippen LogP contribution in [-0.2, 0) is 15.0 Å². The number of rotatable bonds is 2. The van der Waals surface area contributed by atoms with E-state index in [0.29, 0.717) is 19.4 Å². The van der Waals surface area contributed by atoms with E-state index < -0.39 is 21.6 Å². The molecule has 0 aromatic rings. The van der Waals surface area contributed by atoms with Gasteiger partial charge in [0.1, 0.15) is 5.75 Å². The summed E-state index contributed by atoms with van der Waals surface area (Å²) in [6.45, 7) is 2.71. The number of hydrogen-bond acceptors (Lipinski definition) is 3. The summed E-state index contributed by atoms with van der Waals surface area (Å²) in [5, 5.41) is 0. The summed E-state index contributed by atoms with van der Waals surface area (Å²) in [5.74, 6) is -0.462. The van der Waals surface area contributed by atoms with Gasteiger partial charge < -0.3 is 4.74 Å². The molecule has 3 fully saturated rings. The maximum absolute atomic E-state index is 12.6. The summed E-state index contributed by atoms with van der Waals surface area (Å²) in [5.41, 5.74) is -0.521. The third-order valence-corrected chi connectivity index (χ3v) is 4.40. The van der Waals surface area contributed by atoms with Crippen LogP contribution in [0.3, 0.4) is 0 Å². The highest BCUT2D eigenvalue weighted by atomic mass is 32.3. The van der Waals surface area contributed by atoms with Gasteiger partial charge in [-0.15, -0.1) is 3.89 Å². The van der Waals surface area contributed by atoms with Crippen molar-refractivity contribution in [3.8, 4) is 0 Å². The van der Waals surface area contributed by atoms with Crippen molar-refractivity contribution in [3.05, 3.63) is 0 Å². The highest BCUT2D eigenvalue weighted by Crippen LogP contribution is 2.48. The average Bonchev–Trinajstić information content (AvgIpc) is 2.05. The van der Waals surface area contributed by atoms with E-state index in [-0.39, 0.29) is 5.41 Å². The van der Waals surface area contributed by atoms with E-state index in [0.717, 1.165) is 12.8 Å². The standard InChI is InChI=1S/C9H15FO3S/c1-8-2-4-9(5-3-8,13-6-8)7-14(10,11)12/h2-7H2,1H3.